The van der Waals surface area contributed by atoms with Crippen LogP contribution in [-0.4, -0.2) is 22.9 Å². The van der Waals surface area contributed by atoms with Gasteiger partial charge in [0.1, 0.15) is 0 Å². The molecule has 0 saturated heterocycles. The van der Waals surface area contributed by atoms with E-state index in [0.29, 0.717) is 12.1 Å². The molecular weight excluding hydrogens is 184 g/mol. The van der Waals surface area contributed by atoms with Gasteiger partial charge < -0.3 is 4.74 Å². The van der Waals surface area contributed by atoms with Crippen molar-refractivity contribution in [2.45, 2.75) is 26.8 Å². The Morgan fingerprint density at radius 3 is 2.64 bits per heavy atom. The van der Waals surface area contributed by atoms with Gasteiger partial charge in [-0.3, -0.25) is 19.4 Å². The fraction of sp³-hybridized carbons (Fsp3) is 0.556. The molecular formula is C9H14N2O3. The van der Waals surface area contributed by atoms with Crippen molar-refractivity contribution >= 4 is 5.97 Å². The number of aryl methyl sites for hydroxylation is 2. The largest absolute Gasteiger partial charge is 0.469 e. The Morgan fingerprint density at radius 2 is 2.21 bits per heavy atom. The topological polar surface area (TPSA) is 64.1 Å². The number of rotatable bonds is 3. The quantitative estimate of drug-likeness (QED) is 0.706. The number of carbonyl (C=O) groups excluding carboxylic acids is 1. The van der Waals surface area contributed by atoms with Gasteiger partial charge in [0.05, 0.1) is 19.1 Å². The van der Waals surface area contributed by atoms with Crippen molar-refractivity contribution in [2.75, 3.05) is 7.11 Å². The Labute approximate surface area is 81.7 Å². The molecule has 1 N–H and O–H groups in total. The van der Waals surface area contributed by atoms with E-state index in [9.17, 15) is 9.59 Å². The van der Waals surface area contributed by atoms with Crippen molar-refractivity contribution < 1.29 is 9.53 Å². The van der Waals surface area contributed by atoms with Crippen LogP contribution < -0.4 is 5.56 Å². The highest BCUT2D eigenvalue weighted by Gasteiger charge is 2.13. The molecule has 5 nitrogen and oxygen atoms in total. The zero-order valence-electron chi connectivity index (χ0n) is 8.59. The van der Waals surface area contributed by atoms with Crippen LogP contribution in [0.4, 0.5) is 0 Å². The van der Waals surface area contributed by atoms with Gasteiger partial charge in [0.25, 0.3) is 5.56 Å². The van der Waals surface area contributed by atoms with E-state index >= 15 is 0 Å². The van der Waals surface area contributed by atoms with Crippen LogP contribution in [0, 0.1) is 6.92 Å². The fourth-order valence-electron chi connectivity index (χ4n) is 1.29. The summed E-state index contributed by atoms with van der Waals surface area (Å²) in [6.45, 7) is 4.20. The van der Waals surface area contributed by atoms with Crippen LogP contribution in [0.3, 0.4) is 0 Å². The van der Waals surface area contributed by atoms with E-state index in [-0.39, 0.29) is 12.0 Å². The monoisotopic (exact) mass is 198 g/mol. The maximum Gasteiger partial charge on any atom is 0.310 e. The molecule has 1 heterocycles. The molecule has 78 valence electrons. The van der Waals surface area contributed by atoms with Crippen LogP contribution in [0.5, 0.6) is 0 Å². The molecule has 1 aromatic rings. The van der Waals surface area contributed by atoms with Crippen molar-refractivity contribution in [3.05, 3.63) is 21.6 Å². The van der Waals surface area contributed by atoms with Crippen molar-refractivity contribution in [1.29, 1.82) is 0 Å². The first-order valence-electron chi connectivity index (χ1n) is 4.45. The molecule has 0 saturated carbocycles. The van der Waals surface area contributed by atoms with Gasteiger partial charge in [0.15, 0.2) is 0 Å². The van der Waals surface area contributed by atoms with Crippen LogP contribution in [0.1, 0.15) is 18.2 Å². The molecule has 0 bridgehead atoms. The molecule has 14 heavy (non-hydrogen) atoms. The number of hydrogen-bond acceptors (Lipinski definition) is 3. The highest BCUT2D eigenvalue weighted by molar-refractivity contribution is 5.72. The predicted octanol–water partition coefficient (Wildman–Crippen LogP) is 0.220. The van der Waals surface area contributed by atoms with E-state index in [2.05, 4.69) is 9.84 Å². The molecule has 1 rings (SSSR count). The second kappa shape index (κ2) is 4.13. The molecule has 0 radical (unpaired) electrons. The third-order valence-electron chi connectivity index (χ3n) is 2.12. The van der Waals surface area contributed by atoms with E-state index in [1.165, 1.54) is 11.8 Å². The number of nitrogens with one attached hydrogen (secondary N) is 1. The number of hydrogen-bond donors (Lipinski definition) is 1. The maximum atomic E-state index is 11.6. The summed E-state index contributed by atoms with van der Waals surface area (Å²) >= 11 is 0. The first kappa shape index (κ1) is 10.6. The van der Waals surface area contributed by atoms with E-state index < -0.39 is 5.97 Å². The summed E-state index contributed by atoms with van der Waals surface area (Å²) in [7, 11) is 1.31. The van der Waals surface area contributed by atoms with Crippen molar-refractivity contribution in [3.63, 3.8) is 0 Å². The Hall–Kier alpha value is -1.52. The number of aromatic nitrogens is 2. The van der Waals surface area contributed by atoms with Crippen molar-refractivity contribution in [3.8, 4) is 0 Å². The number of methoxy groups -OCH3 is 1. The van der Waals surface area contributed by atoms with E-state index in [4.69, 9.17) is 0 Å². The molecule has 0 aliphatic heterocycles. The Bertz CT molecular complexity index is 389. The summed E-state index contributed by atoms with van der Waals surface area (Å²) in [5.41, 5.74) is 1.07. The average Bonchev–Trinajstić information content (AvgIpc) is 2.44. The molecule has 0 aliphatic carbocycles. The molecule has 0 unspecified atom stereocenters. The lowest BCUT2D eigenvalue weighted by Crippen LogP contribution is -2.20. The molecule has 0 spiro atoms. The molecule has 1 aromatic heterocycles. The Balaban J connectivity index is 3.03. The van der Waals surface area contributed by atoms with E-state index in [1.54, 1.807) is 6.92 Å². The second-order valence-electron chi connectivity index (χ2n) is 3.02. The average molecular weight is 198 g/mol. The van der Waals surface area contributed by atoms with Gasteiger partial charge in [-0.25, -0.2) is 0 Å². The van der Waals surface area contributed by atoms with Crippen LogP contribution in [-0.2, 0) is 22.5 Å². The summed E-state index contributed by atoms with van der Waals surface area (Å²) in [5.74, 6) is -0.396. The molecule has 5 heteroatoms. The number of esters is 1. The lowest BCUT2D eigenvalue weighted by atomic mass is 10.2. The zero-order chi connectivity index (χ0) is 10.7. The Morgan fingerprint density at radius 1 is 1.57 bits per heavy atom. The van der Waals surface area contributed by atoms with Gasteiger partial charge in [-0.15, -0.1) is 0 Å². The second-order valence-corrected chi connectivity index (χ2v) is 3.02. The molecule has 0 atom stereocenters. The SMILES string of the molecule is CCn1[nH]c(C)c(CC(=O)OC)c1=O. The van der Waals surface area contributed by atoms with Crippen molar-refractivity contribution in [2.24, 2.45) is 0 Å². The maximum absolute atomic E-state index is 11.6. The van der Waals surface area contributed by atoms with Gasteiger partial charge in [-0.1, -0.05) is 0 Å². The van der Waals surface area contributed by atoms with Gasteiger partial charge >= 0.3 is 5.97 Å². The Kier molecular flexibility index (Phi) is 3.11. The van der Waals surface area contributed by atoms with Crippen molar-refractivity contribution in [1.82, 2.24) is 9.78 Å². The van der Waals surface area contributed by atoms with Crippen LogP contribution in [0.2, 0.25) is 0 Å². The number of H-pyrrole nitrogens is 1. The zero-order valence-corrected chi connectivity index (χ0v) is 8.59. The smallest absolute Gasteiger partial charge is 0.310 e. The third kappa shape index (κ3) is 1.86. The minimum Gasteiger partial charge on any atom is -0.469 e. The van der Waals surface area contributed by atoms with Gasteiger partial charge in [0.2, 0.25) is 0 Å². The standard InChI is InChI=1S/C9H14N2O3/c1-4-11-9(13)7(6(2)10-11)5-8(12)14-3/h10H,4-5H2,1-3H3. The number of aromatic amines is 1. The molecule has 0 aromatic carbocycles. The minimum absolute atomic E-state index is 0.0324. The molecule has 0 fully saturated rings. The first-order valence-corrected chi connectivity index (χ1v) is 4.45. The number of carbonyl (C=O) groups is 1. The normalized spacial score (nSPS) is 10.2. The van der Waals surface area contributed by atoms with E-state index in [0.717, 1.165) is 5.69 Å². The summed E-state index contributed by atoms with van der Waals surface area (Å²) in [6.07, 6.45) is 0.0324. The first-order chi connectivity index (χ1) is 6.60. The number of nitrogens with zero attached hydrogens (tertiary/aromatic N) is 1. The predicted molar refractivity (Wildman–Crippen MR) is 51.2 cm³/mol. The summed E-state index contributed by atoms with van der Waals surface area (Å²) in [6, 6.07) is 0. The number of ether oxygens (including phenoxy) is 1. The summed E-state index contributed by atoms with van der Waals surface area (Å²) in [5, 5.41) is 2.89. The van der Waals surface area contributed by atoms with Crippen LogP contribution in [0.15, 0.2) is 4.79 Å². The summed E-state index contributed by atoms with van der Waals surface area (Å²) in [4.78, 5) is 22.6. The highest BCUT2D eigenvalue weighted by Crippen LogP contribution is 2.01. The van der Waals surface area contributed by atoms with Gasteiger partial charge in [0, 0.05) is 12.2 Å². The highest BCUT2D eigenvalue weighted by atomic mass is 16.5. The van der Waals surface area contributed by atoms with Gasteiger partial charge in [-0.05, 0) is 13.8 Å². The van der Waals surface area contributed by atoms with Crippen LogP contribution in [0.25, 0.3) is 0 Å². The fourth-order valence-corrected chi connectivity index (χ4v) is 1.29. The lowest BCUT2D eigenvalue weighted by molar-refractivity contribution is -0.139. The van der Waals surface area contributed by atoms with E-state index in [1.807, 2.05) is 6.92 Å². The molecule has 0 aliphatic rings. The van der Waals surface area contributed by atoms with Crippen LogP contribution >= 0.6 is 0 Å². The minimum atomic E-state index is -0.396. The molecule has 0 amide bonds. The lowest BCUT2D eigenvalue weighted by Gasteiger charge is -1.95. The van der Waals surface area contributed by atoms with Gasteiger partial charge in [-0.2, -0.15) is 0 Å². The summed E-state index contributed by atoms with van der Waals surface area (Å²) < 4.78 is 5.97. The third-order valence-corrected chi connectivity index (χ3v) is 2.12.